The molecular formula is C46H54N4O7. The van der Waals surface area contributed by atoms with E-state index >= 15 is 4.79 Å². The van der Waals surface area contributed by atoms with Crippen LogP contribution >= 0.6 is 0 Å². The molecule has 4 aromatic rings. The number of hydrogen-bond donors (Lipinski definition) is 2. The molecule has 11 heteroatoms. The summed E-state index contributed by atoms with van der Waals surface area (Å²) in [6, 6.07) is 21.1. The van der Waals surface area contributed by atoms with Gasteiger partial charge in [-0.2, -0.15) is 0 Å². The summed E-state index contributed by atoms with van der Waals surface area (Å²) in [6.07, 6.45) is 2.97. The van der Waals surface area contributed by atoms with E-state index in [1.165, 1.54) is 0 Å². The molecule has 4 aliphatic rings. The Labute approximate surface area is 334 Å². The van der Waals surface area contributed by atoms with E-state index in [1.807, 2.05) is 99.8 Å². The molecule has 0 radical (unpaired) electrons. The number of aromatic nitrogens is 1. The summed E-state index contributed by atoms with van der Waals surface area (Å²) in [7, 11) is 7.69. The second-order valence-electron chi connectivity index (χ2n) is 17.9. The van der Waals surface area contributed by atoms with Crippen LogP contribution in [-0.4, -0.2) is 83.1 Å². The lowest BCUT2D eigenvalue weighted by Crippen LogP contribution is -2.59. The average Bonchev–Trinajstić information content (AvgIpc) is 3.94. The van der Waals surface area contributed by atoms with Crippen molar-refractivity contribution in [2.75, 3.05) is 39.6 Å². The van der Waals surface area contributed by atoms with Crippen LogP contribution in [0.25, 0.3) is 0 Å². The van der Waals surface area contributed by atoms with Crippen LogP contribution in [0.3, 0.4) is 0 Å². The molecule has 8 rings (SSSR count). The Kier molecular flexibility index (Phi) is 10.1. The van der Waals surface area contributed by atoms with Crippen LogP contribution in [-0.2, 0) is 26.2 Å². The van der Waals surface area contributed by atoms with E-state index in [1.54, 1.807) is 0 Å². The van der Waals surface area contributed by atoms with Gasteiger partial charge in [-0.05, 0) is 84.6 Å². The van der Waals surface area contributed by atoms with Crippen molar-refractivity contribution in [3.63, 3.8) is 0 Å². The zero-order valence-corrected chi connectivity index (χ0v) is 34.0. The smallest absolute Gasteiger partial charge is 0.265 e. The number of allylic oxidation sites excluding steroid dienone is 1. The zero-order chi connectivity index (χ0) is 40.4. The van der Waals surface area contributed by atoms with Gasteiger partial charge in [-0.1, -0.05) is 81.4 Å². The number of anilines is 1. The first-order valence-electron chi connectivity index (χ1n) is 20.0. The SMILES string of the molecule is CN(C)c1c(CN(CC(C)(C)C)C2CC2)cc(OCc2ccccc2)c2c1C[C@H]1C[C@H]3[C@H](N(C)C)c4onc(OCc5ccccc5)c4C(=O)[C@@]3(O)C(O)=C1C2=O. The molecule has 3 aromatic carbocycles. The first-order valence-corrected chi connectivity index (χ1v) is 20.0. The Morgan fingerprint density at radius 2 is 1.54 bits per heavy atom. The van der Waals surface area contributed by atoms with E-state index in [9.17, 15) is 15.0 Å². The molecule has 11 nitrogen and oxygen atoms in total. The number of carbonyl (C=O) groups excluding carboxylic acids is 2. The lowest BCUT2D eigenvalue weighted by Gasteiger charge is -2.49. The Morgan fingerprint density at radius 3 is 2.12 bits per heavy atom. The highest BCUT2D eigenvalue weighted by molar-refractivity contribution is 6.16. The molecule has 0 bridgehead atoms. The van der Waals surface area contributed by atoms with Gasteiger partial charge in [0.15, 0.2) is 17.1 Å². The molecular weight excluding hydrogens is 721 g/mol. The van der Waals surface area contributed by atoms with Crippen LogP contribution in [0.5, 0.6) is 11.6 Å². The Bertz CT molecular complexity index is 2200. The maximum Gasteiger partial charge on any atom is 0.265 e. The van der Waals surface area contributed by atoms with Gasteiger partial charge in [0.25, 0.3) is 5.88 Å². The lowest BCUT2D eigenvalue weighted by atomic mass is 9.58. The summed E-state index contributed by atoms with van der Waals surface area (Å²) in [5, 5.41) is 29.2. The number of fused-ring (bicyclic) bond motifs is 4. The third kappa shape index (κ3) is 7.04. The molecule has 1 aromatic heterocycles. The van der Waals surface area contributed by atoms with E-state index in [0.717, 1.165) is 47.3 Å². The molecule has 4 aliphatic carbocycles. The number of carbonyl (C=O) groups is 2. The van der Waals surface area contributed by atoms with Crippen molar-refractivity contribution < 1.29 is 33.8 Å². The maximum absolute atomic E-state index is 15.2. The molecule has 1 saturated carbocycles. The molecule has 4 atom stereocenters. The van der Waals surface area contributed by atoms with Crippen molar-refractivity contribution in [3.8, 4) is 11.6 Å². The first kappa shape index (κ1) is 38.9. The van der Waals surface area contributed by atoms with Gasteiger partial charge < -0.3 is 29.1 Å². The van der Waals surface area contributed by atoms with Crippen LogP contribution in [0.1, 0.15) is 94.8 Å². The molecule has 0 amide bonds. The van der Waals surface area contributed by atoms with Gasteiger partial charge in [0.05, 0.1) is 11.6 Å². The Morgan fingerprint density at radius 1 is 0.912 bits per heavy atom. The van der Waals surface area contributed by atoms with Crippen LogP contribution in [0, 0.1) is 17.3 Å². The van der Waals surface area contributed by atoms with Crippen LogP contribution in [0.15, 0.2) is 82.6 Å². The van der Waals surface area contributed by atoms with Gasteiger partial charge >= 0.3 is 0 Å². The van der Waals surface area contributed by atoms with Crippen LogP contribution in [0.2, 0.25) is 0 Å². The summed E-state index contributed by atoms with van der Waals surface area (Å²) < 4.78 is 18.5. The largest absolute Gasteiger partial charge is 0.508 e. The molecule has 0 unspecified atom stereocenters. The molecule has 0 aliphatic heterocycles. The van der Waals surface area contributed by atoms with Gasteiger partial charge in [0, 0.05) is 50.4 Å². The minimum Gasteiger partial charge on any atom is -0.508 e. The lowest BCUT2D eigenvalue weighted by molar-refractivity contribution is -0.0559. The number of hydrogen-bond acceptors (Lipinski definition) is 11. The van der Waals surface area contributed by atoms with Gasteiger partial charge in [0.1, 0.15) is 30.3 Å². The number of benzene rings is 3. The van der Waals surface area contributed by atoms with Crippen molar-refractivity contribution >= 4 is 17.3 Å². The van der Waals surface area contributed by atoms with Crippen molar-refractivity contribution in [2.24, 2.45) is 17.3 Å². The second-order valence-corrected chi connectivity index (χ2v) is 17.9. The maximum atomic E-state index is 15.2. The quantitative estimate of drug-likeness (QED) is 0.150. The molecule has 2 N–H and O–H groups in total. The number of ether oxygens (including phenoxy) is 2. The number of ketones is 2. The standard InChI is InChI=1S/C46H54N4O7/c1-45(2,3)26-50(31-18-19-31)23-30-22-34(55-24-27-14-10-8-11-15-27)36-32(38(30)48(4)5)20-29-21-33-39(49(6)7)41-37(43(53)46(33,54)42(52)35(29)40(36)51)44(47-57-41)56-25-28-16-12-9-13-17-28/h8-17,22,29,31,33,39,52,54H,18-21,23-26H2,1-7H3/t29-,33-,39-,46-/m0/s1. The summed E-state index contributed by atoms with van der Waals surface area (Å²) >= 11 is 0. The predicted molar refractivity (Wildman–Crippen MR) is 217 cm³/mol. The van der Waals surface area contributed by atoms with Crippen molar-refractivity contribution in [3.05, 3.63) is 117 Å². The fraction of sp³-hybridized carbons (Fsp3) is 0.457. The van der Waals surface area contributed by atoms with E-state index in [-0.39, 0.29) is 47.8 Å². The first-order chi connectivity index (χ1) is 27.2. The number of aliphatic hydroxyl groups is 2. The minimum absolute atomic E-state index is 0.0282. The molecule has 57 heavy (non-hydrogen) atoms. The average molecular weight is 775 g/mol. The molecule has 0 saturated heterocycles. The highest BCUT2D eigenvalue weighted by atomic mass is 16.5. The van der Waals surface area contributed by atoms with Crippen molar-refractivity contribution in [1.82, 2.24) is 15.0 Å². The summed E-state index contributed by atoms with van der Waals surface area (Å²) in [5.41, 5.74) is 2.74. The minimum atomic E-state index is -2.43. The summed E-state index contributed by atoms with van der Waals surface area (Å²) in [6.45, 7) is 8.75. The second kappa shape index (κ2) is 14.8. The fourth-order valence-corrected chi connectivity index (χ4v) is 9.47. The number of rotatable bonds is 12. The van der Waals surface area contributed by atoms with Crippen molar-refractivity contribution in [1.29, 1.82) is 0 Å². The van der Waals surface area contributed by atoms with Gasteiger partial charge in [-0.25, -0.2) is 0 Å². The van der Waals surface area contributed by atoms with E-state index in [4.69, 9.17) is 14.0 Å². The van der Waals surface area contributed by atoms with Gasteiger partial charge in [-0.15, -0.1) is 0 Å². The number of aliphatic hydroxyl groups excluding tert-OH is 1. The Hall–Kier alpha value is -4.97. The summed E-state index contributed by atoms with van der Waals surface area (Å²) in [5.74, 6) is -2.56. The van der Waals surface area contributed by atoms with Crippen molar-refractivity contribution in [2.45, 2.75) is 83.9 Å². The molecule has 300 valence electrons. The third-order valence-electron chi connectivity index (χ3n) is 11.9. The molecule has 1 heterocycles. The monoisotopic (exact) mass is 774 g/mol. The molecule has 0 spiro atoms. The van der Waals surface area contributed by atoms with E-state index < -0.39 is 40.8 Å². The normalized spacial score (nSPS) is 22.9. The topological polar surface area (TPSA) is 129 Å². The summed E-state index contributed by atoms with van der Waals surface area (Å²) in [4.78, 5) is 36.3. The number of nitrogens with zero attached hydrogens (tertiary/aromatic N) is 4. The highest BCUT2D eigenvalue weighted by Gasteiger charge is 2.64. The fourth-order valence-electron chi connectivity index (χ4n) is 9.47. The predicted octanol–water partition coefficient (Wildman–Crippen LogP) is 7.33. The highest BCUT2D eigenvalue weighted by Crippen LogP contribution is 2.57. The third-order valence-corrected chi connectivity index (χ3v) is 11.9. The molecule has 1 fully saturated rings. The number of Topliss-reactive ketones (excluding diaryl/α,β-unsaturated/α-hetero) is 2. The van der Waals surface area contributed by atoms with E-state index in [2.05, 4.69) is 35.7 Å². The van der Waals surface area contributed by atoms with E-state index in [0.29, 0.717) is 30.3 Å². The van der Waals surface area contributed by atoms with Gasteiger partial charge in [-0.3, -0.25) is 19.4 Å². The zero-order valence-electron chi connectivity index (χ0n) is 34.0. The van der Waals surface area contributed by atoms with Crippen LogP contribution < -0.4 is 14.4 Å². The Balaban J connectivity index is 1.24. The van der Waals surface area contributed by atoms with Gasteiger partial charge in [0.2, 0.25) is 5.78 Å². The van der Waals surface area contributed by atoms with Crippen LogP contribution in [0.4, 0.5) is 5.69 Å².